The van der Waals surface area contributed by atoms with Gasteiger partial charge in [-0.25, -0.2) is 9.50 Å². The Hall–Kier alpha value is -2.49. The van der Waals surface area contributed by atoms with Gasteiger partial charge >= 0.3 is 0 Å². The lowest BCUT2D eigenvalue weighted by Gasteiger charge is -2.47. The van der Waals surface area contributed by atoms with Gasteiger partial charge in [0.2, 0.25) is 17.0 Å². The molecule has 0 radical (unpaired) electrons. The number of hydrogen-bond donors (Lipinski definition) is 1. The zero-order valence-electron chi connectivity index (χ0n) is 15.9. The maximum atomic E-state index is 13.0. The summed E-state index contributed by atoms with van der Waals surface area (Å²) in [5.41, 5.74) is 0.862. The van der Waals surface area contributed by atoms with Crippen LogP contribution >= 0.6 is 11.8 Å². The summed E-state index contributed by atoms with van der Waals surface area (Å²) in [6.45, 7) is 3.73. The number of carbonyl (C=O) groups is 3. The molecule has 9 nitrogen and oxygen atoms in total. The fourth-order valence-electron chi connectivity index (χ4n) is 4.07. The molecule has 1 aliphatic carbocycles. The summed E-state index contributed by atoms with van der Waals surface area (Å²) in [4.78, 5) is 47.7. The van der Waals surface area contributed by atoms with Crippen molar-refractivity contribution in [2.45, 2.75) is 56.6 Å². The van der Waals surface area contributed by atoms with E-state index in [1.807, 2.05) is 19.9 Å². The van der Waals surface area contributed by atoms with E-state index in [4.69, 9.17) is 0 Å². The van der Waals surface area contributed by atoms with Crippen LogP contribution in [0.15, 0.2) is 11.2 Å². The Balaban J connectivity index is 1.52. The Labute approximate surface area is 166 Å². The second kappa shape index (κ2) is 7.16. The maximum Gasteiger partial charge on any atom is 0.253 e. The Morgan fingerprint density at radius 2 is 1.96 bits per heavy atom. The molecule has 3 amide bonds. The largest absolute Gasteiger partial charge is 0.318 e. The van der Waals surface area contributed by atoms with E-state index in [0.717, 1.165) is 30.7 Å². The van der Waals surface area contributed by atoms with Crippen LogP contribution in [-0.2, 0) is 14.4 Å². The van der Waals surface area contributed by atoms with Crippen molar-refractivity contribution in [2.75, 3.05) is 12.3 Å². The van der Waals surface area contributed by atoms with E-state index in [2.05, 4.69) is 20.4 Å². The van der Waals surface area contributed by atoms with E-state index < -0.39 is 11.4 Å². The number of nitrogens with one attached hydrogen (secondary N) is 1. The normalized spacial score (nSPS) is 19.3. The number of rotatable bonds is 3. The average molecular weight is 402 g/mol. The topological polar surface area (TPSA) is 110 Å². The third kappa shape index (κ3) is 3.25. The molecule has 0 aromatic carbocycles. The van der Waals surface area contributed by atoms with Crippen molar-refractivity contribution in [3.05, 3.63) is 17.5 Å². The number of thioether (sulfide) groups is 1. The number of nitrogens with zero attached hydrogens (tertiary/aromatic N) is 5. The quantitative estimate of drug-likeness (QED) is 0.603. The second-order valence-electron chi connectivity index (χ2n) is 7.38. The molecule has 1 aliphatic heterocycles. The lowest BCUT2D eigenvalue weighted by Crippen LogP contribution is -2.69. The van der Waals surface area contributed by atoms with Gasteiger partial charge in [-0.1, -0.05) is 31.0 Å². The van der Waals surface area contributed by atoms with Crippen molar-refractivity contribution in [1.82, 2.24) is 29.8 Å². The second-order valence-corrected chi connectivity index (χ2v) is 8.33. The highest BCUT2D eigenvalue weighted by molar-refractivity contribution is 7.99. The number of carbonyl (C=O) groups excluding carboxylic acids is 3. The first-order valence-electron chi connectivity index (χ1n) is 9.38. The molecule has 2 fully saturated rings. The van der Waals surface area contributed by atoms with Gasteiger partial charge < -0.3 is 4.90 Å². The van der Waals surface area contributed by atoms with Crippen LogP contribution in [0.1, 0.15) is 43.5 Å². The molecule has 1 saturated heterocycles. The van der Waals surface area contributed by atoms with Crippen molar-refractivity contribution in [2.24, 2.45) is 0 Å². The van der Waals surface area contributed by atoms with Gasteiger partial charge in [0, 0.05) is 11.4 Å². The fourth-order valence-corrected chi connectivity index (χ4v) is 4.77. The van der Waals surface area contributed by atoms with Crippen LogP contribution in [0.5, 0.6) is 0 Å². The van der Waals surface area contributed by atoms with Crippen LogP contribution in [0.2, 0.25) is 0 Å². The lowest BCUT2D eigenvalue weighted by atomic mass is 9.78. The van der Waals surface area contributed by atoms with E-state index in [1.165, 1.54) is 16.7 Å². The molecule has 3 heterocycles. The molecule has 1 saturated carbocycles. The monoisotopic (exact) mass is 402 g/mol. The minimum atomic E-state index is -0.897. The van der Waals surface area contributed by atoms with Crippen molar-refractivity contribution >= 4 is 35.3 Å². The lowest BCUT2D eigenvalue weighted by molar-refractivity contribution is -0.158. The van der Waals surface area contributed by atoms with Crippen molar-refractivity contribution < 1.29 is 14.4 Å². The Morgan fingerprint density at radius 1 is 1.21 bits per heavy atom. The first-order valence-corrected chi connectivity index (χ1v) is 10.4. The molecule has 1 N–H and O–H groups in total. The molecule has 2 aliphatic rings. The van der Waals surface area contributed by atoms with Gasteiger partial charge in [-0.2, -0.15) is 4.98 Å². The van der Waals surface area contributed by atoms with Gasteiger partial charge in [-0.05, 0) is 32.8 Å². The number of amides is 3. The van der Waals surface area contributed by atoms with E-state index >= 15 is 0 Å². The van der Waals surface area contributed by atoms with Crippen molar-refractivity contribution in [3.63, 3.8) is 0 Å². The maximum absolute atomic E-state index is 13.0. The highest BCUT2D eigenvalue weighted by Crippen LogP contribution is 2.36. The van der Waals surface area contributed by atoms with Gasteiger partial charge in [0.1, 0.15) is 12.1 Å². The van der Waals surface area contributed by atoms with E-state index in [9.17, 15) is 14.4 Å². The number of fused-ring (bicyclic) bond motifs is 1. The van der Waals surface area contributed by atoms with Crippen LogP contribution < -0.4 is 5.32 Å². The molecular weight excluding hydrogens is 380 g/mol. The summed E-state index contributed by atoms with van der Waals surface area (Å²) >= 11 is 1.19. The molecule has 0 atom stereocenters. The molecule has 4 rings (SSSR count). The highest BCUT2D eigenvalue weighted by Gasteiger charge is 2.50. The van der Waals surface area contributed by atoms with Crippen molar-refractivity contribution in [1.29, 1.82) is 0 Å². The molecule has 0 unspecified atom stereocenters. The Morgan fingerprint density at radius 3 is 2.71 bits per heavy atom. The van der Waals surface area contributed by atoms with Crippen LogP contribution in [0.25, 0.3) is 5.78 Å². The molecule has 0 bridgehead atoms. The first kappa shape index (κ1) is 18.9. The summed E-state index contributed by atoms with van der Waals surface area (Å²) < 4.78 is 1.64. The zero-order chi connectivity index (χ0) is 19.9. The van der Waals surface area contributed by atoms with Gasteiger partial charge in [0.15, 0.2) is 0 Å². The van der Waals surface area contributed by atoms with Gasteiger partial charge in [0.25, 0.3) is 11.7 Å². The van der Waals surface area contributed by atoms with Crippen molar-refractivity contribution in [3.8, 4) is 0 Å². The molecular formula is C18H22N6O3S. The van der Waals surface area contributed by atoms with Crippen LogP contribution in [0, 0.1) is 13.8 Å². The molecule has 148 valence electrons. The fraction of sp³-hybridized carbons (Fsp3) is 0.556. The van der Waals surface area contributed by atoms with Gasteiger partial charge in [-0.15, -0.1) is 5.10 Å². The first-order chi connectivity index (χ1) is 13.4. The third-order valence-corrected chi connectivity index (χ3v) is 6.22. The number of imide groups is 1. The van der Waals surface area contributed by atoms with E-state index in [0.29, 0.717) is 23.8 Å². The summed E-state index contributed by atoms with van der Waals surface area (Å²) in [6.07, 6.45) is 3.97. The number of aromatic nitrogens is 4. The molecule has 1 spiro atoms. The van der Waals surface area contributed by atoms with Crippen LogP contribution in [0.3, 0.4) is 0 Å². The minimum Gasteiger partial charge on any atom is -0.318 e. The Bertz CT molecular complexity index is 966. The number of hydrogen-bond acceptors (Lipinski definition) is 7. The van der Waals surface area contributed by atoms with Crippen LogP contribution in [-0.4, -0.2) is 60.0 Å². The molecule has 28 heavy (non-hydrogen) atoms. The van der Waals surface area contributed by atoms with Gasteiger partial charge in [-0.3, -0.25) is 19.7 Å². The molecule has 10 heteroatoms. The van der Waals surface area contributed by atoms with Crippen LogP contribution in [0.4, 0.5) is 0 Å². The SMILES string of the molecule is Cc1cc(C)n2nc(SCC(=O)N3CC(=O)NC(=O)C34CCCCC4)nc2n1. The summed E-state index contributed by atoms with van der Waals surface area (Å²) in [6, 6.07) is 1.91. The van der Waals surface area contributed by atoms with E-state index in [-0.39, 0.29) is 24.1 Å². The minimum absolute atomic E-state index is 0.0667. The summed E-state index contributed by atoms with van der Waals surface area (Å²) in [7, 11) is 0. The van der Waals surface area contributed by atoms with Gasteiger partial charge in [0.05, 0.1) is 5.75 Å². The third-order valence-electron chi connectivity index (χ3n) is 5.40. The predicted octanol–water partition coefficient (Wildman–Crippen LogP) is 1.02. The summed E-state index contributed by atoms with van der Waals surface area (Å²) in [5, 5.41) is 7.25. The Kier molecular flexibility index (Phi) is 4.82. The summed E-state index contributed by atoms with van der Waals surface area (Å²) in [5.74, 6) is -0.459. The number of piperazine rings is 1. The zero-order valence-corrected chi connectivity index (χ0v) is 16.7. The average Bonchev–Trinajstić information content (AvgIpc) is 3.07. The smallest absolute Gasteiger partial charge is 0.253 e. The predicted molar refractivity (Wildman–Crippen MR) is 102 cm³/mol. The molecule has 2 aromatic rings. The molecule has 2 aromatic heterocycles. The number of aryl methyl sites for hydroxylation is 2. The van der Waals surface area contributed by atoms with E-state index in [1.54, 1.807) is 4.52 Å². The standard InChI is InChI=1S/C18H22N6O3S/c1-11-8-12(2)24-16(19-11)21-17(22-24)28-10-14(26)23-9-13(25)20-15(27)18(23)6-4-3-5-7-18/h8H,3-7,9-10H2,1-2H3,(H,20,25,27). The highest BCUT2D eigenvalue weighted by atomic mass is 32.2.